The molecule has 0 heterocycles. The molecule has 0 aliphatic carbocycles. The Hall–Kier alpha value is -2.04. The minimum absolute atomic E-state index is 0.0817. The zero-order valence-electron chi connectivity index (χ0n) is 10.6. The van der Waals surface area contributed by atoms with Crippen molar-refractivity contribution in [2.24, 2.45) is 10.9 Å². The van der Waals surface area contributed by atoms with Crippen LogP contribution < -0.4 is 5.73 Å². The van der Waals surface area contributed by atoms with Crippen LogP contribution in [0.25, 0.3) is 0 Å². The first-order valence-electron chi connectivity index (χ1n) is 5.75. The van der Waals surface area contributed by atoms with Crippen molar-refractivity contribution in [3.63, 3.8) is 0 Å². The summed E-state index contributed by atoms with van der Waals surface area (Å²) in [7, 11) is 0. The number of hydrogen-bond acceptors (Lipinski definition) is 3. The summed E-state index contributed by atoms with van der Waals surface area (Å²) >= 11 is 0. The Labute approximate surface area is 106 Å². The van der Waals surface area contributed by atoms with E-state index in [0.29, 0.717) is 12.0 Å². The molecule has 0 saturated heterocycles. The van der Waals surface area contributed by atoms with Crippen molar-refractivity contribution in [2.75, 3.05) is 0 Å². The van der Waals surface area contributed by atoms with Gasteiger partial charge in [-0.15, -0.1) is 0 Å². The highest BCUT2D eigenvalue weighted by atomic mass is 16.4. The molecular formula is C13H18N2O3. The first-order chi connectivity index (χ1) is 8.45. The third-order valence-corrected chi connectivity index (χ3v) is 2.92. The first kappa shape index (κ1) is 14.0. The van der Waals surface area contributed by atoms with E-state index < -0.39 is 5.97 Å². The number of aliphatic carboxylic acids is 1. The third kappa shape index (κ3) is 3.48. The highest BCUT2D eigenvalue weighted by Gasteiger charge is 2.08. The van der Waals surface area contributed by atoms with E-state index in [1.165, 1.54) is 0 Å². The molecule has 5 heteroatoms. The molecule has 4 N–H and O–H groups in total. The van der Waals surface area contributed by atoms with Gasteiger partial charge in [-0.3, -0.25) is 4.79 Å². The maximum Gasteiger partial charge on any atom is 0.303 e. The van der Waals surface area contributed by atoms with Gasteiger partial charge in [0.1, 0.15) is 0 Å². The fourth-order valence-corrected chi connectivity index (χ4v) is 2.01. The fourth-order valence-electron chi connectivity index (χ4n) is 2.01. The van der Waals surface area contributed by atoms with Crippen molar-refractivity contribution >= 4 is 11.8 Å². The lowest BCUT2D eigenvalue weighted by Crippen LogP contribution is -2.14. The summed E-state index contributed by atoms with van der Waals surface area (Å²) < 4.78 is 0. The predicted octanol–water partition coefficient (Wildman–Crippen LogP) is 1.81. The SMILES string of the molecule is Cc1cc(/C(N)=N\O)cc(C)c1CCCC(=O)O. The van der Waals surface area contributed by atoms with E-state index in [1.807, 2.05) is 26.0 Å². The van der Waals surface area contributed by atoms with Crippen LogP contribution in [-0.4, -0.2) is 22.1 Å². The van der Waals surface area contributed by atoms with Crippen molar-refractivity contribution in [3.05, 3.63) is 34.4 Å². The van der Waals surface area contributed by atoms with E-state index in [4.69, 9.17) is 16.0 Å². The molecule has 0 amide bonds. The van der Waals surface area contributed by atoms with Crippen molar-refractivity contribution < 1.29 is 15.1 Å². The molecule has 0 bridgehead atoms. The number of oxime groups is 1. The number of carboxylic acids is 1. The van der Waals surface area contributed by atoms with Crippen LogP contribution in [0.1, 0.15) is 35.1 Å². The van der Waals surface area contributed by atoms with Crippen LogP contribution in [0.2, 0.25) is 0 Å². The molecule has 98 valence electrons. The quantitative estimate of drug-likeness (QED) is 0.321. The average Bonchev–Trinajstić information content (AvgIpc) is 2.31. The first-order valence-corrected chi connectivity index (χ1v) is 5.75. The van der Waals surface area contributed by atoms with Gasteiger partial charge in [0, 0.05) is 12.0 Å². The monoisotopic (exact) mass is 250 g/mol. The average molecular weight is 250 g/mol. The van der Waals surface area contributed by atoms with Crippen LogP contribution >= 0.6 is 0 Å². The Morgan fingerprint density at radius 3 is 2.33 bits per heavy atom. The van der Waals surface area contributed by atoms with Gasteiger partial charge in [-0.05, 0) is 55.5 Å². The highest BCUT2D eigenvalue weighted by molar-refractivity contribution is 5.97. The summed E-state index contributed by atoms with van der Waals surface area (Å²) in [5, 5.41) is 20.2. The summed E-state index contributed by atoms with van der Waals surface area (Å²) in [6, 6.07) is 3.69. The van der Waals surface area contributed by atoms with Crippen molar-refractivity contribution in [3.8, 4) is 0 Å². The van der Waals surface area contributed by atoms with Crippen molar-refractivity contribution in [1.29, 1.82) is 0 Å². The van der Waals surface area contributed by atoms with Gasteiger partial charge in [0.05, 0.1) is 0 Å². The molecule has 0 aliphatic rings. The molecule has 1 aromatic rings. The van der Waals surface area contributed by atoms with Crippen LogP contribution in [0.5, 0.6) is 0 Å². The number of nitrogens with two attached hydrogens (primary N) is 1. The topological polar surface area (TPSA) is 95.9 Å². The van der Waals surface area contributed by atoms with Gasteiger partial charge in [0.15, 0.2) is 5.84 Å². The van der Waals surface area contributed by atoms with Gasteiger partial charge in [-0.25, -0.2) is 0 Å². The molecule has 0 atom stereocenters. The second kappa shape index (κ2) is 6.05. The summed E-state index contributed by atoms with van der Waals surface area (Å²) in [6.45, 7) is 3.88. The van der Waals surface area contributed by atoms with Crippen LogP contribution in [-0.2, 0) is 11.2 Å². The van der Waals surface area contributed by atoms with Crippen molar-refractivity contribution in [2.45, 2.75) is 33.1 Å². The lowest BCUT2D eigenvalue weighted by atomic mass is 9.95. The molecule has 0 spiro atoms. The van der Waals surface area contributed by atoms with E-state index in [9.17, 15) is 4.79 Å². The summed E-state index contributed by atoms with van der Waals surface area (Å²) in [5.41, 5.74) is 9.41. The normalized spacial score (nSPS) is 11.6. The second-order valence-corrected chi connectivity index (χ2v) is 4.32. The van der Waals surface area contributed by atoms with E-state index in [2.05, 4.69) is 5.16 Å². The molecule has 0 aromatic heterocycles. The second-order valence-electron chi connectivity index (χ2n) is 4.32. The van der Waals surface area contributed by atoms with Gasteiger partial charge in [-0.2, -0.15) is 0 Å². The highest BCUT2D eigenvalue weighted by Crippen LogP contribution is 2.19. The van der Waals surface area contributed by atoms with Crippen LogP contribution in [0, 0.1) is 13.8 Å². The minimum Gasteiger partial charge on any atom is -0.481 e. The predicted molar refractivity (Wildman–Crippen MR) is 69.0 cm³/mol. The van der Waals surface area contributed by atoms with Crippen LogP contribution in [0.3, 0.4) is 0 Å². The minimum atomic E-state index is -0.779. The third-order valence-electron chi connectivity index (χ3n) is 2.92. The Bertz CT molecular complexity index is 458. The number of carbonyl (C=O) groups is 1. The summed E-state index contributed by atoms with van der Waals surface area (Å²) in [4.78, 5) is 10.5. The maximum atomic E-state index is 10.5. The fraction of sp³-hybridized carbons (Fsp3) is 0.385. The molecule has 5 nitrogen and oxygen atoms in total. The zero-order valence-corrected chi connectivity index (χ0v) is 10.6. The summed E-state index contributed by atoms with van der Waals surface area (Å²) in [5.74, 6) is -0.697. The van der Waals surface area contributed by atoms with Gasteiger partial charge in [-0.1, -0.05) is 5.16 Å². The van der Waals surface area contributed by atoms with Crippen LogP contribution in [0.15, 0.2) is 17.3 Å². The Morgan fingerprint density at radius 2 is 1.89 bits per heavy atom. The van der Waals surface area contributed by atoms with E-state index in [1.54, 1.807) is 0 Å². The lowest BCUT2D eigenvalue weighted by molar-refractivity contribution is -0.137. The number of carboxylic acid groups (broad SMARTS) is 1. The maximum absolute atomic E-state index is 10.5. The Kier molecular flexibility index (Phi) is 4.71. The molecule has 0 saturated carbocycles. The number of aryl methyl sites for hydroxylation is 2. The van der Waals surface area contributed by atoms with Gasteiger partial charge >= 0.3 is 5.97 Å². The summed E-state index contributed by atoms with van der Waals surface area (Å²) in [6.07, 6.45) is 1.50. The molecule has 0 aliphatic heterocycles. The Morgan fingerprint density at radius 1 is 1.33 bits per heavy atom. The van der Waals surface area contributed by atoms with Crippen molar-refractivity contribution in [1.82, 2.24) is 0 Å². The number of benzene rings is 1. The van der Waals surface area contributed by atoms with E-state index in [-0.39, 0.29) is 12.3 Å². The molecule has 0 unspecified atom stereocenters. The number of amidine groups is 1. The Balaban J connectivity index is 2.91. The van der Waals surface area contributed by atoms with Crippen LogP contribution in [0.4, 0.5) is 0 Å². The number of hydrogen-bond donors (Lipinski definition) is 3. The van der Waals surface area contributed by atoms with Gasteiger partial charge in [0.25, 0.3) is 0 Å². The smallest absolute Gasteiger partial charge is 0.303 e. The number of rotatable bonds is 5. The van der Waals surface area contributed by atoms with Gasteiger partial charge < -0.3 is 16.0 Å². The molecule has 18 heavy (non-hydrogen) atoms. The molecule has 1 aromatic carbocycles. The standard InChI is InChI=1S/C13H18N2O3/c1-8-6-10(13(14)15-18)7-9(2)11(8)4-3-5-12(16)17/h6-7,18H,3-5H2,1-2H3,(H2,14,15)(H,16,17). The largest absolute Gasteiger partial charge is 0.481 e. The number of nitrogens with zero attached hydrogens (tertiary/aromatic N) is 1. The van der Waals surface area contributed by atoms with E-state index in [0.717, 1.165) is 23.1 Å². The molecule has 0 radical (unpaired) electrons. The molecule has 1 rings (SSSR count). The zero-order chi connectivity index (χ0) is 13.7. The lowest BCUT2D eigenvalue weighted by Gasteiger charge is -2.11. The van der Waals surface area contributed by atoms with E-state index >= 15 is 0 Å². The molecular weight excluding hydrogens is 232 g/mol. The molecule has 0 fully saturated rings. The van der Waals surface area contributed by atoms with Gasteiger partial charge in [0.2, 0.25) is 0 Å².